The van der Waals surface area contributed by atoms with E-state index >= 15 is 0 Å². The van der Waals surface area contributed by atoms with E-state index in [4.69, 9.17) is 0 Å². The first-order valence-electron chi connectivity index (χ1n) is 4.32. The minimum Gasteiger partial charge on any atom is -0.293 e. The van der Waals surface area contributed by atoms with Crippen molar-refractivity contribution in [2.75, 3.05) is 6.54 Å². The Labute approximate surface area is 63.4 Å². The molecule has 1 aliphatic heterocycles. The van der Waals surface area contributed by atoms with Crippen molar-refractivity contribution < 1.29 is 0 Å². The summed E-state index contributed by atoms with van der Waals surface area (Å²) < 4.78 is 0. The van der Waals surface area contributed by atoms with Gasteiger partial charge >= 0.3 is 0 Å². The molecule has 0 aromatic rings. The van der Waals surface area contributed by atoms with Crippen molar-refractivity contribution in [2.45, 2.75) is 51.1 Å². The van der Waals surface area contributed by atoms with Gasteiger partial charge in [0.15, 0.2) is 0 Å². The van der Waals surface area contributed by atoms with Gasteiger partial charge in [0.2, 0.25) is 0 Å². The average molecular weight is 139 g/mol. The quantitative estimate of drug-likeness (QED) is 0.496. The molecule has 0 bridgehead atoms. The highest BCUT2D eigenvalue weighted by atomic mass is 15.3. The van der Waals surface area contributed by atoms with E-state index < -0.39 is 0 Å². The van der Waals surface area contributed by atoms with Crippen LogP contribution in [0.15, 0.2) is 0 Å². The van der Waals surface area contributed by atoms with Crippen LogP contribution in [-0.2, 0) is 0 Å². The zero-order chi connectivity index (χ0) is 7.41. The van der Waals surface area contributed by atoms with Crippen molar-refractivity contribution in [3.8, 4) is 0 Å². The molecular formula is C9H17N. The smallest absolute Gasteiger partial charge is 0.0228 e. The molecule has 0 amide bonds. The summed E-state index contributed by atoms with van der Waals surface area (Å²) >= 11 is 0. The first-order chi connectivity index (χ1) is 4.55. The number of hydrogen-bond acceptors (Lipinski definition) is 1. The maximum absolute atomic E-state index is 2.67. The fourth-order valence-electron chi connectivity index (χ4n) is 2.25. The van der Waals surface area contributed by atoms with E-state index in [2.05, 4.69) is 25.7 Å². The van der Waals surface area contributed by atoms with Gasteiger partial charge in [0.25, 0.3) is 0 Å². The third-order valence-corrected chi connectivity index (χ3v) is 3.01. The van der Waals surface area contributed by atoms with Crippen LogP contribution >= 0.6 is 0 Å². The van der Waals surface area contributed by atoms with Crippen LogP contribution in [0.5, 0.6) is 0 Å². The third kappa shape index (κ3) is 0.731. The molecule has 10 heavy (non-hydrogen) atoms. The highest BCUT2D eigenvalue weighted by Gasteiger charge is 2.57. The molecule has 1 saturated heterocycles. The van der Waals surface area contributed by atoms with Crippen LogP contribution in [0.3, 0.4) is 0 Å². The zero-order valence-corrected chi connectivity index (χ0v) is 7.28. The van der Waals surface area contributed by atoms with Crippen LogP contribution in [0.2, 0.25) is 0 Å². The number of rotatable bonds is 0. The first kappa shape index (κ1) is 6.66. The van der Waals surface area contributed by atoms with Crippen molar-refractivity contribution in [2.24, 2.45) is 0 Å². The summed E-state index contributed by atoms with van der Waals surface area (Å²) in [5.41, 5.74) is 1.13. The van der Waals surface area contributed by atoms with Crippen molar-refractivity contribution >= 4 is 0 Å². The van der Waals surface area contributed by atoms with E-state index in [9.17, 15) is 0 Å². The van der Waals surface area contributed by atoms with Gasteiger partial charge in [-0.2, -0.15) is 0 Å². The lowest BCUT2D eigenvalue weighted by atomic mass is 9.91. The highest BCUT2D eigenvalue weighted by molar-refractivity contribution is 5.13. The Morgan fingerprint density at radius 3 is 1.80 bits per heavy atom. The Kier molecular flexibility index (Phi) is 1.05. The second-order valence-electron chi connectivity index (χ2n) is 4.80. The molecule has 1 spiro atoms. The van der Waals surface area contributed by atoms with Gasteiger partial charge < -0.3 is 0 Å². The summed E-state index contributed by atoms with van der Waals surface area (Å²) in [6.45, 7) is 8.31. The molecule has 1 nitrogen and oxygen atoms in total. The molecule has 1 aliphatic carbocycles. The second kappa shape index (κ2) is 1.58. The van der Waals surface area contributed by atoms with E-state index in [1.54, 1.807) is 0 Å². The number of likely N-dealkylation sites (tertiary alicyclic amines) is 1. The molecule has 1 heterocycles. The van der Waals surface area contributed by atoms with Crippen LogP contribution in [0, 0.1) is 0 Å². The summed E-state index contributed by atoms with van der Waals surface area (Å²) in [5.74, 6) is 0. The van der Waals surface area contributed by atoms with Crippen LogP contribution in [0.25, 0.3) is 0 Å². The maximum atomic E-state index is 2.67. The van der Waals surface area contributed by atoms with Gasteiger partial charge in [-0.3, -0.25) is 4.90 Å². The molecule has 0 atom stereocenters. The van der Waals surface area contributed by atoms with Gasteiger partial charge in [0.1, 0.15) is 0 Å². The molecule has 58 valence electrons. The molecule has 0 radical (unpaired) electrons. The van der Waals surface area contributed by atoms with Crippen molar-refractivity contribution in [3.63, 3.8) is 0 Å². The molecule has 0 aromatic heterocycles. The van der Waals surface area contributed by atoms with Crippen LogP contribution < -0.4 is 0 Å². The van der Waals surface area contributed by atoms with Crippen molar-refractivity contribution in [3.05, 3.63) is 0 Å². The average Bonchev–Trinajstić information content (AvgIpc) is 2.32. The van der Waals surface area contributed by atoms with E-state index in [0.717, 1.165) is 0 Å². The number of nitrogens with zero attached hydrogens (tertiary/aromatic N) is 1. The lowest BCUT2D eigenvalue weighted by Crippen LogP contribution is -2.58. The summed E-state index contributed by atoms with van der Waals surface area (Å²) in [4.78, 5) is 2.67. The molecule has 2 fully saturated rings. The molecule has 0 aromatic carbocycles. The Morgan fingerprint density at radius 1 is 1.10 bits per heavy atom. The Balaban J connectivity index is 2.07. The molecular weight excluding hydrogens is 122 g/mol. The minimum absolute atomic E-state index is 0.425. The van der Waals surface area contributed by atoms with Crippen molar-refractivity contribution in [1.82, 2.24) is 4.90 Å². The second-order valence-corrected chi connectivity index (χ2v) is 4.80. The van der Waals surface area contributed by atoms with Crippen LogP contribution in [0.4, 0.5) is 0 Å². The highest BCUT2D eigenvalue weighted by Crippen LogP contribution is 2.54. The fourth-order valence-corrected chi connectivity index (χ4v) is 2.25. The standard InChI is InChI=1S/C9H17N/c1-8(2,3)10-7-6-9(10)4-5-9/h4-7H2,1-3H3. The molecule has 1 heteroatoms. The zero-order valence-electron chi connectivity index (χ0n) is 7.28. The van der Waals surface area contributed by atoms with E-state index in [-0.39, 0.29) is 0 Å². The van der Waals surface area contributed by atoms with Crippen LogP contribution in [-0.4, -0.2) is 22.5 Å². The largest absolute Gasteiger partial charge is 0.293 e. The van der Waals surface area contributed by atoms with Crippen LogP contribution in [0.1, 0.15) is 40.0 Å². The summed E-state index contributed by atoms with van der Waals surface area (Å²) in [5, 5.41) is 0. The van der Waals surface area contributed by atoms with Gasteiger partial charge in [0, 0.05) is 17.6 Å². The monoisotopic (exact) mass is 139 g/mol. The van der Waals surface area contributed by atoms with E-state index in [1.807, 2.05) is 0 Å². The van der Waals surface area contributed by atoms with E-state index in [1.165, 1.54) is 25.8 Å². The molecule has 2 aliphatic rings. The number of hydrogen-bond donors (Lipinski definition) is 0. The Morgan fingerprint density at radius 2 is 1.70 bits per heavy atom. The maximum Gasteiger partial charge on any atom is 0.0228 e. The molecule has 0 unspecified atom stereocenters. The SMILES string of the molecule is CC(C)(C)N1CCC12CC2. The lowest BCUT2D eigenvalue weighted by molar-refractivity contribution is -0.0158. The van der Waals surface area contributed by atoms with Gasteiger partial charge in [0.05, 0.1) is 0 Å². The topological polar surface area (TPSA) is 3.24 Å². The molecule has 0 N–H and O–H groups in total. The van der Waals surface area contributed by atoms with Gasteiger partial charge in [-0.25, -0.2) is 0 Å². The first-order valence-corrected chi connectivity index (χ1v) is 4.32. The Bertz CT molecular complexity index is 149. The predicted octanol–water partition coefficient (Wildman–Crippen LogP) is 2.02. The van der Waals surface area contributed by atoms with E-state index in [0.29, 0.717) is 11.1 Å². The Hall–Kier alpha value is -0.0400. The summed E-state index contributed by atoms with van der Waals surface area (Å²) in [6, 6.07) is 0. The third-order valence-electron chi connectivity index (χ3n) is 3.01. The van der Waals surface area contributed by atoms with Crippen molar-refractivity contribution in [1.29, 1.82) is 0 Å². The normalized spacial score (nSPS) is 30.3. The lowest BCUT2D eigenvalue weighted by Gasteiger charge is -2.50. The summed E-state index contributed by atoms with van der Waals surface area (Å²) in [6.07, 6.45) is 4.39. The van der Waals surface area contributed by atoms with Gasteiger partial charge in [-0.05, 0) is 40.0 Å². The minimum atomic E-state index is 0.425. The molecule has 2 rings (SSSR count). The summed E-state index contributed by atoms with van der Waals surface area (Å²) in [7, 11) is 0. The van der Waals surface area contributed by atoms with Gasteiger partial charge in [-0.1, -0.05) is 0 Å². The van der Waals surface area contributed by atoms with Gasteiger partial charge in [-0.15, -0.1) is 0 Å². The predicted molar refractivity (Wildman–Crippen MR) is 43.0 cm³/mol. The molecule has 1 saturated carbocycles. The fraction of sp³-hybridized carbons (Fsp3) is 1.00.